The molecule has 3 rings (SSSR count). The molecule has 23 heavy (non-hydrogen) atoms. The first kappa shape index (κ1) is 15.9. The van der Waals surface area contributed by atoms with Crippen molar-refractivity contribution in [2.24, 2.45) is 0 Å². The topological polar surface area (TPSA) is 76.1 Å². The minimum Gasteiger partial charge on any atom is -0.301 e. The summed E-state index contributed by atoms with van der Waals surface area (Å²) in [6.07, 6.45) is 0. The first-order valence-electron chi connectivity index (χ1n) is 6.62. The van der Waals surface area contributed by atoms with E-state index in [-0.39, 0.29) is 4.90 Å². The van der Waals surface area contributed by atoms with E-state index in [9.17, 15) is 13.2 Å². The second-order valence-corrected chi connectivity index (χ2v) is 8.43. The van der Waals surface area contributed by atoms with Crippen molar-refractivity contribution < 1.29 is 13.2 Å². The number of thiophene rings is 1. The molecule has 5 nitrogen and oxygen atoms in total. The maximum Gasteiger partial charge on any atom is 0.241 e. The van der Waals surface area contributed by atoms with Crippen molar-refractivity contribution in [2.75, 3.05) is 11.1 Å². The average Bonchev–Trinajstić information content (AvgIpc) is 3.18. The zero-order valence-corrected chi connectivity index (χ0v) is 14.2. The Balaban J connectivity index is 1.68. The van der Waals surface area contributed by atoms with E-state index >= 15 is 0 Å². The summed E-state index contributed by atoms with van der Waals surface area (Å²) in [6, 6.07) is 11.8. The van der Waals surface area contributed by atoms with Crippen molar-refractivity contribution in [3.63, 3.8) is 0 Å². The molecule has 2 heterocycles. The molecule has 8 heteroatoms. The Bertz CT molecular complexity index is 901. The zero-order valence-electron chi connectivity index (χ0n) is 11.8. The smallest absolute Gasteiger partial charge is 0.241 e. The van der Waals surface area contributed by atoms with Crippen LogP contribution >= 0.6 is 22.7 Å². The van der Waals surface area contributed by atoms with Gasteiger partial charge < -0.3 is 5.32 Å². The first-order chi connectivity index (χ1) is 11.0. The standard InChI is InChI=1S/C15H12N2O3S3/c18-14(10-23(19,20)11-5-2-1-3-6-11)17-15-16-12(9-22-15)13-7-4-8-21-13/h1-9H,10H2,(H,16,17,18). The average molecular weight is 364 g/mol. The van der Waals surface area contributed by atoms with Gasteiger partial charge in [0.05, 0.1) is 15.5 Å². The molecule has 0 bridgehead atoms. The molecule has 2 aromatic heterocycles. The van der Waals surface area contributed by atoms with E-state index in [2.05, 4.69) is 10.3 Å². The van der Waals surface area contributed by atoms with E-state index in [1.807, 2.05) is 22.9 Å². The Morgan fingerprint density at radius 2 is 1.87 bits per heavy atom. The van der Waals surface area contributed by atoms with Crippen molar-refractivity contribution in [3.8, 4) is 10.6 Å². The van der Waals surface area contributed by atoms with Gasteiger partial charge in [-0.2, -0.15) is 0 Å². The monoisotopic (exact) mass is 364 g/mol. The second-order valence-electron chi connectivity index (χ2n) is 4.64. The summed E-state index contributed by atoms with van der Waals surface area (Å²) >= 11 is 2.82. The molecule has 0 saturated heterocycles. The van der Waals surface area contributed by atoms with Gasteiger partial charge in [-0.25, -0.2) is 13.4 Å². The lowest BCUT2D eigenvalue weighted by Gasteiger charge is -2.04. The van der Waals surface area contributed by atoms with Crippen LogP contribution in [0.2, 0.25) is 0 Å². The third kappa shape index (κ3) is 3.84. The highest BCUT2D eigenvalue weighted by Gasteiger charge is 2.20. The third-order valence-corrected chi connectivity index (χ3v) is 6.23. The fraction of sp³-hybridized carbons (Fsp3) is 0.0667. The molecule has 0 aliphatic carbocycles. The summed E-state index contributed by atoms with van der Waals surface area (Å²) in [4.78, 5) is 17.4. The van der Waals surface area contributed by atoms with Gasteiger partial charge in [-0.1, -0.05) is 24.3 Å². The van der Waals surface area contributed by atoms with E-state index in [1.165, 1.54) is 23.5 Å². The molecule has 0 fully saturated rings. The first-order valence-corrected chi connectivity index (χ1v) is 10.0. The normalized spacial score (nSPS) is 11.3. The number of amides is 1. The Hall–Kier alpha value is -2.03. The summed E-state index contributed by atoms with van der Waals surface area (Å²) in [5.74, 6) is -1.20. The van der Waals surface area contributed by atoms with Gasteiger partial charge in [-0.05, 0) is 23.6 Å². The quantitative estimate of drug-likeness (QED) is 0.754. The highest BCUT2D eigenvalue weighted by molar-refractivity contribution is 7.92. The van der Waals surface area contributed by atoms with Gasteiger partial charge in [0, 0.05) is 5.38 Å². The Morgan fingerprint density at radius 1 is 1.09 bits per heavy atom. The molecule has 0 saturated carbocycles. The summed E-state index contributed by atoms with van der Waals surface area (Å²) in [5, 5.41) is 6.70. The molecule has 0 unspecified atom stereocenters. The Labute approximate surface area is 141 Å². The van der Waals surface area contributed by atoms with Gasteiger partial charge in [0.2, 0.25) is 5.91 Å². The van der Waals surface area contributed by atoms with Gasteiger partial charge in [0.15, 0.2) is 15.0 Å². The van der Waals surface area contributed by atoms with Crippen molar-refractivity contribution in [3.05, 3.63) is 53.2 Å². The van der Waals surface area contributed by atoms with Crippen molar-refractivity contribution in [1.29, 1.82) is 0 Å². The lowest BCUT2D eigenvalue weighted by atomic mass is 10.4. The van der Waals surface area contributed by atoms with E-state index in [0.29, 0.717) is 5.13 Å². The number of nitrogens with one attached hydrogen (secondary N) is 1. The van der Waals surface area contributed by atoms with Gasteiger partial charge in [0.25, 0.3) is 0 Å². The number of carbonyl (C=O) groups excluding carboxylic acids is 1. The zero-order chi connectivity index (χ0) is 16.3. The van der Waals surface area contributed by atoms with Gasteiger partial charge in [-0.3, -0.25) is 4.79 Å². The van der Waals surface area contributed by atoms with Crippen molar-refractivity contribution in [1.82, 2.24) is 4.98 Å². The molecule has 0 spiro atoms. The van der Waals surface area contributed by atoms with Gasteiger partial charge >= 0.3 is 0 Å². The number of rotatable bonds is 5. The Morgan fingerprint density at radius 3 is 2.57 bits per heavy atom. The van der Waals surface area contributed by atoms with E-state index in [1.54, 1.807) is 29.5 Å². The highest BCUT2D eigenvalue weighted by Crippen LogP contribution is 2.28. The van der Waals surface area contributed by atoms with E-state index in [4.69, 9.17) is 0 Å². The maximum atomic E-state index is 12.1. The molecule has 118 valence electrons. The van der Waals surface area contributed by atoms with Crippen LogP contribution in [0.5, 0.6) is 0 Å². The lowest BCUT2D eigenvalue weighted by Crippen LogP contribution is -2.22. The molecule has 0 aliphatic heterocycles. The van der Waals surface area contributed by atoms with Crippen LogP contribution in [0.15, 0.2) is 58.1 Å². The summed E-state index contributed by atoms with van der Waals surface area (Å²) in [7, 11) is -3.65. The number of sulfone groups is 1. The minimum absolute atomic E-state index is 0.133. The number of thiazole rings is 1. The molecule has 0 aliphatic rings. The number of hydrogen-bond donors (Lipinski definition) is 1. The molecular formula is C15H12N2O3S3. The number of anilines is 1. The molecule has 0 atom stereocenters. The number of carbonyl (C=O) groups is 1. The van der Waals surface area contributed by atoms with Crippen molar-refractivity contribution >= 4 is 43.5 Å². The molecule has 1 N–H and O–H groups in total. The maximum absolute atomic E-state index is 12.1. The van der Waals surface area contributed by atoms with Crippen LogP contribution in [0.3, 0.4) is 0 Å². The van der Waals surface area contributed by atoms with Crippen LogP contribution < -0.4 is 5.32 Å². The fourth-order valence-corrected chi connectivity index (χ4v) is 4.55. The predicted octanol–water partition coefficient (Wildman–Crippen LogP) is 3.28. The van der Waals surface area contributed by atoms with E-state index in [0.717, 1.165) is 10.6 Å². The summed E-state index contributed by atoms with van der Waals surface area (Å²) in [6.45, 7) is 0. The summed E-state index contributed by atoms with van der Waals surface area (Å²) < 4.78 is 24.3. The predicted molar refractivity (Wildman–Crippen MR) is 92.6 cm³/mol. The molecule has 1 aromatic carbocycles. The number of hydrogen-bond acceptors (Lipinski definition) is 6. The van der Waals surface area contributed by atoms with Crippen LogP contribution in [0, 0.1) is 0 Å². The van der Waals surface area contributed by atoms with Gasteiger partial charge in [0.1, 0.15) is 5.75 Å². The molecule has 0 radical (unpaired) electrons. The van der Waals surface area contributed by atoms with Gasteiger partial charge in [-0.15, -0.1) is 22.7 Å². The van der Waals surface area contributed by atoms with Crippen LogP contribution in [0.4, 0.5) is 5.13 Å². The number of aromatic nitrogens is 1. The number of nitrogens with zero attached hydrogens (tertiary/aromatic N) is 1. The second kappa shape index (κ2) is 6.61. The van der Waals surface area contributed by atoms with Crippen LogP contribution in [0.25, 0.3) is 10.6 Å². The van der Waals surface area contributed by atoms with Crippen LogP contribution in [-0.2, 0) is 14.6 Å². The lowest BCUT2D eigenvalue weighted by molar-refractivity contribution is -0.113. The molecular weight excluding hydrogens is 352 g/mol. The molecule has 1 amide bonds. The largest absolute Gasteiger partial charge is 0.301 e. The fourth-order valence-electron chi connectivity index (χ4n) is 1.91. The Kier molecular flexibility index (Phi) is 4.56. The number of benzene rings is 1. The highest BCUT2D eigenvalue weighted by atomic mass is 32.2. The summed E-state index contributed by atoms with van der Waals surface area (Å²) in [5.41, 5.74) is 0.770. The van der Waals surface area contributed by atoms with Crippen LogP contribution in [0.1, 0.15) is 0 Å². The molecule has 3 aromatic rings. The van der Waals surface area contributed by atoms with Crippen LogP contribution in [-0.4, -0.2) is 25.1 Å². The van der Waals surface area contributed by atoms with E-state index < -0.39 is 21.5 Å². The van der Waals surface area contributed by atoms with Crippen molar-refractivity contribution in [2.45, 2.75) is 4.90 Å². The third-order valence-electron chi connectivity index (χ3n) is 2.95. The SMILES string of the molecule is O=C(CS(=O)(=O)c1ccccc1)Nc1nc(-c2cccs2)cs1. The minimum atomic E-state index is -3.65.